The minimum Gasteiger partial charge on any atom is -0.494 e. The van der Waals surface area contributed by atoms with Crippen LogP contribution in [0.25, 0.3) is 5.57 Å². The largest absolute Gasteiger partial charge is 0.494 e. The first-order valence-electron chi connectivity index (χ1n) is 16.3. The lowest BCUT2D eigenvalue weighted by molar-refractivity contribution is 0.409. The zero-order chi connectivity index (χ0) is 34.3. The average molecular weight is 631 g/mol. The van der Waals surface area contributed by atoms with Crippen molar-refractivity contribution in [2.75, 3.05) is 18.0 Å². The smallest absolute Gasteiger partial charge is 0.333 e. The maximum atomic E-state index is 13.7. The van der Waals surface area contributed by atoms with E-state index in [9.17, 15) is 14.7 Å². The number of fused-ring (bicyclic) bond motifs is 1. The van der Waals surface area contributed by atoms with Gasteiger partial charge in [0.2, 0.25) is 5.88 Å². The predicted octanol–water partition coefficient (Wildman–Crippen LogP) is 7.04. The monoisotopic (exact) mass is 630 g/mol. The normalized spacial score (nSPS) is 18.0. The summed E-state index contributed by atoms with van der Waals surface area (Å²) in [6, 6.07) is 16.8. The Morgan fingerprint density at radius 1 is 0.957 bits per heavy atom. The number of hydrogen-bond acceptors (Lipinski definition) is 5. The van der Waals surface area contributed by atoms with Crippen molar-refractivity contribution in [2.45, 2.75) is 59.3 Å². The van der Waals surface area contributed by atoms with Gasteiger partial charge in [-0.3, -0.25) is 18.9 Å². The van der Waals surface area contributed by atoms with Gasteiger partial charge >= 0.3 is 5.69 Å². The SMILES string of the molecule is CCN=C(/C=C/C1=C(c2c(O)n(C)c(=O)n(C)c2=O)C(=C/C=C2/N(CC)c3ccccc3C2(C)C)/C=C1)C(C)(C)c1ccccc1C. The summed E-state index contributed by atoms with van der Waals surface area (Å²) in [6.45, 7) is 16.5. The van der Waals surface area contributed by atoms with E-state index in [4.69, 9.17) is 4.99 Å². The van der Waals surface area contributed by atoms with Gasteiger partial charge in [-0.2, -0.15) is 0 Å². The molecule has 2 aromatic carbocycles. The van der Waals surface area contributed by atoms with Gasteiger partial charge in [0.1, 0.15) is 5.56 Å². The molecule has 1 N–H and O–H groups in total. The summed E-state index contributed by atoms with van der Waals surface area (Å²) in [4.78, 5) is 33.6. The summed E-state index contributed by atoms with van der Waals surface area (Å²) in [6.07, 6.45) is 12.0. The Labute approximate surface area is 277 Å². The van der Waals surface area contributed by atoms with Crippen LogP contribution in [0.2, 0.25) is 0 Å². The Kier molecular flexibility index (Phi) is 9.04. The van der Waals surface area contributed by atoms with Crippen LogP contribution in [0.3, 0.4) is 0 Å². The Balaban J connectivity index is 1.71. The Hall–Kier alpha value is -4.91. The molecule has 47 heavy (non-hydrogen) atoms. The molecule has 0 atom stereocenters. The van der Waals surface area contributed by atoms with Gasteiger partial charge in [0.05, 0.1) is 0 Å². The van der Waals surface area contributed by atoms with Crippen LogP contribution >= 0.6 is 0 Å². The third-order valence-corrected chi connectivity index (χ3v) is 9.65. The van der Waals surface area contributed by atoms with Crippen LogP contribution in [0.15, 0.2) is 116 Å². The molecule has 1 aliphatic carbocycles. The second-order valence-corrected chi connectivity index (χ2v) is 13.3. The number of aryl methyl sites for hydroxylation is 1. The molecule has 1 aromatic heterocycles. The van der Waals surface area contributed by atoms with Crippen molar-refractivity contribution in [3.63, 3.8) is 0 Å². The number of hydrogen-bond donors (Lipinski definition) is 1. The van der Waals surface area contributed by atoms with E-state index in [-0.39, 0.29) is 22.3 Å². The highest BCUT2D eigenvalue weighted by molar-refractivity contribution is 6.04. The summed E-state index contributed by atoms with van der Waals surface area (Å²) >= 11 is 0. The zero-order valence-electron chi connectivity index (χ0n) is 29.0. The first kappa shape index (κ1) is 33.5. The molecule has 0 saturated carbocycles. The van der Waals surface area contributed by atoms with E-state index in [0.29, 0.717) is 12.1 Å². The van der Waals surface area contributed by atoms with Crippen LogP contribution in [-0.4, -0.2) is 33.0 Å². The average Bonchev–Trinajstić information content (AvgIpc) is 3.54. The maximum Gasteiger partial charge on any atom is 0.333 e. The number of anilines is 1. The molecule has 0 fully saturated rings. The molecule has 1 aliphatic heterocycles. The van der Waals surface area contributed by atoms with Crippen molar-refractivity contribution < 1.29 is 5.11 Å². The third-order valence-electron chi connectivity index (χ3n) is 9.65. The van der Waals surface area contributed by atoms with Crippen molar-refractivity contribution >= 4 is 17.0 Å². The van der Waals surface area contributed by atoms with Gasteiger partial charge in [0.15, 0.2) is 0 Å². The number of nitrogens with zero attached hydrogens (tertiary/aromatic N) is 4. The van der Waals surface area contributed by atoms with Gasteiger partial charge in [-0.25, -0.2) is 4.79 Å². The van der Waals surface area contributed by atoms with E-state index < -0.39 is 11.2 Å². The molecular weight excluding hydrogens is 584 g/mol. The molecule has 7 nitrogen and oxygen atoms in total. The molecule has 0 spiro atoms. The highest BCUT2D eigenvalue weighted by Crippen LogP contribution is 2.47. The lowest BCUT2D eigenvalue weighted by Gasteiger charge is -2.28. The molecule has 5 rings (SSSR count). The molecule has 0 radical (unpaired) electrons. The van der Waals surface area contributed by atoms with E-state index in [1.165, 1.54) is 36.5 Å². The lowest BCUT2D eigenvalue weighted by atomic mass is 9.77. The van der Waals surface area contributed by atoms with Crippen molar-refractivity contribution in [1.82, 2.24) is 9.13 Å². The van der Waals surface area contributed by atoms with Crippen LogP contribution in [-0.2, 0) is 24.9 Å². The van der Waals surface area contributed by atoms with E-state index >= 15 is 0 Å². The van der Waals surface area contributed by atoms with Gasteiger partial charge < -0.3 is 10.0 Å². The van der Waals surface area contributed by atoms with E-state index in [1.54, 1.807) is 0 Å². The quantitative estimate of drug-likeness (QED) is 0.271. The number of rotatable bonds is 8. The van der Waals surface area contributed by atoms with Crippen LogP contribution in [0.5, 0.6) is 5.88 Å². The number of likely N-dealkylation sites (N-methyl/N-ethyl adjacent to an activating group) is 1. The van der Waals surface area contributed by atoms with Crippen LogP contribution < -0.4 is 16.1 Å². The fourth-order valence-electron chi connectivity index (χ4n) is 6.99. The number of aliphatic imine (C=N–C) groups is 1. The van der Waals surface area contributed by atoms with Gasteiger partial charge in [0, 0.05) is 60.7 Å². The summed E-state index contributed by atoms with van der Waals surface area (Å²) in [5.41, 5.74) is 7.24. The van der Waals surface area contributed by atoms with Gasteiger partial charge in [-0.15, -0.1) is 0 Å². The molecule has 244 valence electrons. The first-order chi connectivity index (χ1) is 22.3. The number of aromatic nitrogens is 2. The summed E-state index contributed by atoms with van der Waals surface area (Å²) < 4.78 is 2.15. The fraction of sp³-hybridized carbons (Fsp3) is 0.325. The summed E-state index contributed by atoms with van der Waals surface area (Å²) in [5.74, 6) is -0.368. The Morgan fingerprint density at radius 3 is 2.32 bits per heavy atom. The molecule has 0 amide bonds. The van der Waals surface area contributed by atoms with Gasteiger partial charge in [-0.1, -0.05) is 94.5 Å². The topological polar surface area (TPSA) is 79.8 Å². The first-order valence-corrected chi connectivity index (χ1v) is 16.3. The summed E-state index contributed by atoms with van der Waals surface area (Å²) in [5, 5.41) is 11.3. The van der Waals surface area contributed by atoms with Crippen molar-refractivity contribution in [2.24, 2.45) is 19.1 Å². The van der Waals surface area contributed by atoms with Crippen molar-refractivity contribution in [1.29, 1.82) is 0 Å². The predicted molar refractivity (Wildman–Crippen MR) is 195 cm³/mol. The number of aromatic hydroxyl groups is 1. The van der Waals surface area contributed by atoms with Gasteiger partial charge in [-0.05, 0) is 66.8 Å². The van der Waals surface area contributed by atoms with Crippen LogP contribution in [0.4, 0.5) is 5.69 Å². The van der Waals surface area contributed by atoms with Crippen LogP contribution in [0, 0.1) is 6.92 Å². The molecule has 7 heteroatoms. The Bertz CT molecular complexity index is 2040. The molecule has 3 aromatic rings. The fourth-order valence-corrected chi connectivity index (χ4v) is 6.99. The molecular formula is C40H46N4O3. The highest BCUT2D eigenvalue weighted by Gasteiger charge is 2.39. The lowest BCUT2D eigenvalue weighted by Crippen LogP contribution is -2.38. The van der Waals surface area contributed by atoms with Crippen molar-refractivity contribution in [3.8, 4) is 5.88 Å². The molecule has 0 unspecified atom stereocenters. The second kappa shape index (κ2) is 12.7. The minimum atomic E-state index is -0.589. The number of benzene rings is 2. The molecule has 2 aliphatic rings. The third kappa shape index (κ3) is 5.69. The second-order valence-electron chi connectivity index (χ2n) is 13.3. The van der Waals surface area contributed by atoms with Gasteiger partial charge in [0.25, 0.3) is 5.56 Å². The summed E-state index contributed by atoms with van der Waals surface area (Å²) in [7, 11) is 2.91. The molecule has 0 bridgehead atoms. The maximum absolute atomic E-state index is 13.7. The molecule has 0 saturated heterocycles. The number of para-hydroxylation sites is 1. The zero-order valence-corrected chi connectivity index (χ0v) is 29.0. The van der Waals surface area contributed by atoms with E-state index in [2.05, 4.69) is 88.9 Å². The van der Waals surface area contributed by atoms with E-state index in [0.717, 1.165) is 38.2 Å². The standard InChI is InChI=1S/C40H46N4O3/c1-10-41-32(39(4,5)29-17-13-12-16-26(29)3)24-22-27-20-21-28(34(27)35-36(45)42(8)38(47)43(9)37(35)46)23-25-33-40(6,7)30-18-14-15-19-31(30)44(33)11-2/h12-25,45H,10-11H2,1-9H3/b24-22+,28-23+,33-25+,41-32?. The minimum absolute atomic E-state index is 0.0809. The van der Waals surface area contributed by atoms with E-state index in [1.807, 2.05) is 49.4 Å². The number of allylic oxidation sites excluding steroid dienone is 10. The highest BCUT2D eigenvalue weighted by atomic mass is 16.3. The molecule has 2 heterocycles. The van der Waals surface area contributed by atoms with Crippen molar-refractivity contribution in [3.05, 3.63) is 145 Å². The Morgan fingerprint density at radius 2 is 1.64 bits per heavy atom. The van der Waals surface area contributed by atoms with Crippen LogP contribution in [0.1, 0.15) is 63.8 Å².